The van der Waals surface area contributed by atoms with Gasteiger partial charge in [0, 0.05) is 18.0 Å². The van der Waals surface area contributed by atoms with Gasteiger partial charge in [-0.3, -0.25) is 4.98 Å². The van der Waals surface area contributed by atoms with Crippen LogP contribution in [0.3, 0.4) is 0 Å². The second kappa shape index (κ2) is 4.42. The van der Waals surface area contributed by atoms with Gasteiger partial charge >= 0.3 is 0 Å². The van der Waals surface area contributed by atoms with Crippen LogP contribution in [0.15, 0.2) is 24.4 Å². The van der Waals surface area contributed by atoms with E-state index in [0.717, 1.165) is 11.3 Å². The second-order valence-electron chi connectivity index (χ2n) is 3.13. The third-order valence-electron chi connectivity index (χ3n) is 1.75. The molecule has 0 radical (unpaired) electrons. The van der Waals surface area contributed by atoms with Gasteiger partial charge < -0.3 is 0 Å². The summed E-state index contributed by atoms with van der Waals surface area (Å²) < 4.78 is 0. The SMILES string of the molecule is CC(C)c1cc(C=CC#N)ccn1. The summed E-state index contributed by atoms with van der Waals surface area (Å²) >= 11 is 0. The Morgan fingerprint density at radius 1 is 1.54 bits per heavy atom. The maximum atomic E-state index is 8.35. The Hall–Kier alpha value is -1.62. The van der Waals surface area contributed by atoms with Gasteiger partial charge in [-0.1, -0.05) is 13.8 Å². The molecular formula is C11H12N2. The van der Waals surface area contributed by atoms with E-state index < -0.39 is 0 Å². The number of nitriles is 1. The smallest absolute Gasteiger partial charge is 0.0912 e. The Labute approximate surface area is 78.5 Å². The van der Waals surface area contributed by atoms with E-state index in [9.17, 15) is 0 Å². The van der Waals surface area contributed by atoms with Crippen molar-refractivity contribution in [1.82, 2.24) is 4.98 Å². The van der Waals surface area contributed by atoms with Crippen molar-refractivity contribution < 1.29 is 0 Å². The van der Waals surface area contributed by atoms with Crippen LogP contribution in [0.1, 0.15) is 31.0 Å². The van der Waals surface area contributed by atoms with Crippen molar-refractivity contribution in [3.63, 3.8) is 0 Å². The van der Waals surface area contributed by atoms with Crippen LogP contribution >= 0.6 is 0 Å². The van der Waals surface area contributed by atoms with E-state index in [-0.39, 0.29) is 0 Å². The maximum Gasteiger partial charge on any atom is 0.0912 e. The molecule has 2 nitrogen and oxygen atoms in total. The fourth-order valence-electron chi connectivity index (χ4n) is 1.02. The van der Waals surface area contributed by atoms with Gasteiger partial charge in [-0.2, -0.15) is 5.26 Å². The average Bonchev–Trinajstić information content (AvgIpc) is 2.15. The Bertz CT molecular complexity index is 345. The molecule has 2 heteroatoms. The summed E-state index contributed by atoms with van der Waals surface area (Å²) in [7, 11) is 0. The lowest BCUT2D eigenvalue weighted by Crippen LogP contribution is -1.91. The minimum atomic E-state index is 0.426. The van der Waals surface area contributed by atoms with Crippen molar-refractivity contribution >= 4 is 6.08 Å². The minimum Gasteiger partial charge on any atom is -0.261 e. The molecule has 0 spiro atoms. The number of nitrogens with zero attached hydrogens (tertiary/aromatic N) is 2. The fraction of sp³-hybridized carbons (Fsp3) is 0.273. The number of rotatable bonds is 2. The van der Waals surface area contributed by atoms with Gasteiger partial charge in [-0.25, -0.2) is 0 Å². The predicted molar refractivity (Wildman–Crippen MR) is 53.0 cm³/mol. The minimum absolute atomic E-state index is 0.426. The maximum absolute atomic E-state index is 8.35. The van der Waals surface area contributed by atoms with Crippen LogP contribution in [0.2, 0.25) is 0 Å². The van der Waals surface area contributed by atoms with Crippen LogP contribution in [0.25, 0.3) is 6.08 Å². The van der Waals surface area contributed by atoms with E-state index in [1.165, 1.54) is 6.08 Å². The van der Waals surface area contributed by atoms with Crippen molar-refractivity contribution in [3.8, 4) is 6.07 Å². The summed E-state index contributed by atoms with van der Waals surface area (Å²) in [4.78, 5) is 4.23. The average molecular weight is 172 g/mol. The number of hydrogen-bond acceptors (Lipinski definition) is 2. The number of allylic oxidation sites excluding steroid dienone is 1. The van der Waals surface area contributed by atoms with Crippen LogP contribution < -0.4 is 0 Å². The van der Waals surface area contributed by atoms with E-state index in [1.807, 2.05) is 18.2 Å². The Morgan fingerprint density at radius 2 is 2.31 bits per heavy atom. The highest BCUT2D eigenvalue weighted by atomic mass is 14.7. The summed E-state index contributed by atoms with van der Waals surface area (Å²) in [5, 5.41) is 8.35. The standard InChI is InChI=1S/C11H12N2/c1-9(2)11-8-10(4-3-6-12)5-7-13-11/h3-5,7-9H,1-2H3. The lowest BCUT2D eigenvalue weighted by molar-refractivity contribution is 0.822. The molecule has 0 N–H and O–H groups in total. The lowest BCUT2D eigenvalue weighted by atomic mass is 10.1. The molecule has 0 atom stereocenters. The van der Waals surface area contributed by atoms with Crippen LogP contribution in [-0.4, -0.2) is 4.98 Å². The third-order valence-corrected chi connectivity index (χ3v) is 1.75. The van der Waals surface area contributed by atoms with Crippen LogP contribution in [0, 0.1) is 11.3 Å². The summed E-state index contributed by atoms with van der Waals surface area (Å²) in [6.07, 6.45) is 5.03. The molecule has 0 fully saturated rings. The molecule has 0 aliphatic heterocycles. The van der Waals surface area contributed by atoms with Crippen molar-refractivity contribution in [2.45, 2.75) is 19.8 Å². The molecule has 13 heavy (non-hydrogen) atoms. The number of aromatic nitrogens is 1. The molecule has 1 rings (SSSR count). The molecule has 0 amide bonds. The highest BCUT2D eigenvalue weighted by molar-refractivity contribution is 5.51. The highest BCUT2D eigenvalue weighted by Crippen LogP contribution is 2.13. The van der Waals surface area contributed by atoms with Gasteiger partial charge in [0.2, 0.25) is 0 Å². The predicted octanol–water partition coefficient (Wildman–Crippen LogP) is 2.74. The normalized spacial score (nSPS) is 10.6. The Balaban J connectivity index is 2.93. The molecule has 0 saturated carbocycles. The molecule has 0 aliphatic rings. The zero-order valence-corrected chi connectivity index (χ0v) is 7.86. The van der Waals surface area contributed by atoms with Gasteiger partial charge in [0.1, 0.15) is 0 Å². The summed E-state index contributed by atoms with van der Waals surface area (Å²) in [5.41, 5.74) is 2.08. The molecule has 1 heterocycles. The van der Waals surface area contributed by atoms with E-state index in [2.05, 4.69) is 18.8 Å². The molecule has 1 aromatic heterocycles. The Morgan fingerprint density at radius 3 is 2.92 bits per heavy atom. The quantitative estimate of drug-likeness (QED) is 0.643. The summed E-state index contributed by atoms with van der Waals surface area (Å²) in [6.45, 7) is 4.19. The first-order valence-electron chi connectivity index (χ1n) is 4.26. The molecule has 66 valence electrons. The first-order chi connectivity index (χ1) is 6.24. The number of pyridine rings is 1. The molecule has 0 aliphatic carbocycles. The van der Waals surface area contributed by atoms with E-state index in [4.69, 9.17) is 5.26 Å². The largest absolute Gasteiger partial charge is 0.261 e. The molecule has 1 aromatic rings. The summed E-state index contributed by atoms with van der Waals surface area (Å²) in [6, 6.07) is 5.85. The van der Waals surface area contributed by atoms with Gasteiger partial charge in [-0.05, 0) is 29.7 Å². The first-order valence-corrected chi connectivity index (χ1v) is 4.26. The van der Waals surface area contributed by atoms with E-state index in [0.29, 0.717) is 5.92 Å². The zero-order chi connectivity index (χ0) is 9.68. The van der Waals surface area contributed by atoms with Gasteiger partial charge in [0.15, 0.2) is 0 Å². The van der Waals surface area contributed by atoms with Crippen molar-refractivity contribution in [3.05, 3.63) is 35.7 Å². The Kier molecular flexibility index (Phi) is 3.22. The van der Waals surface area contributed by atoms with Gasteiger partial charge in [0.25, 0.3) is 0 Å². The summed E-state index contributed by atoms with van der Waals surface area (Å²) in [5.74, 6) is 0.426. The highest BCUT2D eigenvalue weighted by Gasteiger charge is 1.99. The zero-order valence-electron chi connectivity index (χ0n) is 7.86. The van der Waals surface area contributed by atoms with Crippen molar-refractivity contribution in [2.75, 3.05) is 0 Å². The van der Waals surface area contributed by atoms with Gasteiger partial charge in [0.05, 0.1) is 6.07 Å². The van der Waals surface area contributed by atoms with E-state index >= 15 is 0 Å². The fourth-order valence-corrected chi connectivity index (χ4v) is 1.02. The number of hydrogen-bond donors (Lipinski definition) is 0. The molecule has 0 unspecified atom stereocenters. The second-order valence-corrected chi connectivity index (χ2v) is 3.13. The molecule has 0 saturated heterocycles. The van der Waals surface area contributed by atoms with Crippen molar-refractivity contribution in [2.24, 2.45) is 0 Å². The van der Waals surface area contributed by atoms with Crippen LogP contribution in [0.5, 0.6) is 0 Å². The van der Waals surface area contributed by atoms with Crippen LogP contribution in [0.4, 0.5) is 0 Å². The molecular weight excluding hydrogens is 160 g/mol. The first kappa shape index (κ1) is 9.47. The van der Waals surface area contributed by atoms with E-state index in [1.54, 1.807) is 12.3 Å². The van der Waals surface area contributed by atoms with Crippen LogP contribution in [-0.2, 0) is 0 Å². The lowest BCUT2D eigenvalue weighted by Gasteiger charge is -2.03. The monoisotopic (exact) mass is 172 g/mol. The topological polar surface area (TPSA) is 36.7 Å². The molecule has 0 bridgehead atoms. The molecule has 0 aromatic carbocycles. The van der Waals surface area contributed by atoms with Crippen molar-refractivity contribution in [1.29, 1.82) is 5.26 Å². The third kappa shape index (κ3) is 2.72. The van der Waals surface area contributed by atoms with Gasteiger partial charge in [-0.15, -0.1) is 0 Å².